The summed E-state index contributed by atoms with van der Waals surface area (Å²) in [6.45, 7) is 0. The largest absolute Gasteiger partial charge is 0.310 e. The van der Waals surface area contributed by atoms with E-state index in [1.807, 2.05) is 11.3 Å². The zero-order valence-electron chi connectivity index (χ0n) is 33.4. The number of hydrogen-bond acceptors (Lipinski definition) is 2. The zero-order valence-corrected chi connectivity index (χ0v) is 34.2. The molecular formula is C59H39NS. The molecule has 0 aliphatic heterocycles. The van der Waals surface area contributed by atoms with Crippen molar-refractivity contribution in [3.8, 4) is 33.4 Å². The van der Waals surface area contributed by atoms with E-state index in [2.05, 4.69) is 241 Å². The Hall–Kier alpha value is -7.52. The van der Waals surface area contributed by atoms with Crippen LogP contribution in [0.1, 0.15) is 22.3 Å². The minimum absolute atomic E-state index is 0.515. The van der Waals surface area contributed by atoms with Gasteiger partial charge in [0, 0.05) is 37.1 Å². The van der Waals surface area contributed by atoms with Crippen LogP contribution < -0.4 is 4.90 Å². The highest BCUT2D eigenvalue weighted by Gasteiger charge is 2.46. The molecule has 0 amide bonds. The van der Waals surface area contributed by atoms with Gasteiger partial charge in [0.25, 0.3) is 0 Å². The first-order valence-electron chi connectivity index (χ1n) is 21.0. The van der Waals surface area contributed by atoms with Crippen molar-refractivity contribution in [3.05, 3.63) is 259 Å². The maximum atomic E-state index is 2.47. The SMILES string of the molecule is c1ccc(C2(c3ccccc3)c3ccccc3-c3ccc(N(c4ccc(-c5cccc6ccccc56)cc4)c4ccccc4-c4ccc5sc6ccccc6c5c4)cc32)cc1. The normalized spacial score (nSPS) is 12.7. The lowest BCUT2D eigenvalue weighted by atomic mass is 9.67. The Labute approximate surface area is 360 Å². The highest BCUT2D eigenvalue weighted by atomic mass is 32.1. The van der Waals surface area contributed by atoms with E-state index in [1.165, 1.54) is 86.6 Å². The van der Waals surface area contributed by atoms with E-state index in [-0.39, 0.29) is 0 Å². The first-order valence-corrected chi connectivity index (χ1v) is 21.8. The quantitative estimate of drug-likeness (QED) is 0.155. The van der Waals surface area contributed by atoms with E-state index < -0.39 is 5.41 Å². The second-order valence-corrected chi connectivity index (χ2v) is 17.1. The first kappa shape index (κ1) is 35.4. The van der Waals surface area contributed by atoms with Crippen LogP contribution in [0.25, 0.3) is 64.3 Å². The van der Waals surface area contributed by atoms with Gasteiger partial charge in [0.1, 0.15) is 0 Å². The van der Waals surface area contributed by atoms with Gasteiger partial charge in [-0.3, -0.25) is 0 Å². The van der Waals surface area contributed by atoms with E-state index in [4.69, 9.17) is 0 Å². The number of rotatable bonds is 7. The summed E-state index contributed by atoms with van der Waals surface area (Å²) in [6.07, 6.45) is 0. The number of hydrogen-bond donors (Lipinski definition) is 0. The summed E-state index contributed by atoms with van der Waals surface area (Å²) in [6, 6.07) is 87.4. The molecule has 1 aromatic heterocycles. The molecule has 2 heteroatoms. The Bertz CT molecular complexity index is 3370. The van der Waals surface area contributed by atoms with Gasteiger partial charge < -0.3 is 4.90 Å². The average molecular weight is 794 g/mol. The van der Waals surface area contributed by atoms with Crippen LogP contribution in [0.5, 0.6) is 0 Å². The van der Waals surface area contributed by atoms with Crippen molar-refractivity contribution in [2.24, 2.45) is 0 Å². The molecule has 1 aliphatic carbocycles. The third-order valence-corrected chi connectivity index (χ3v) is 13.9. The summed E-state index contributed by atoms with van der Waals surface area (Å²) in [5.74, 6) is 0. The molecule has 0 unspecified atom stereocenters. The number of benzene rings is 10. The lowest BCUT2D eigenvalue weighted by Gasteiger charge is -2.35. The summed E-state index contributed by atoms with van der Waals surface area (Å²) >= 11 is 1.86. The van der Waals surface area contributed by atoms with Gasteiger partial charge in [0.05, 0.1) is 11.1 Å². The predicted octanol–water partition coefficient (Wildman–Crippen LogP) is 16.4. The van der Waals surface area contributed by atoms with Gasteiger partial charge in [0.15, 0.2) is 0 Å². The lowest BCUT2D eigenvalue weighted by molar-refractivity contribution is 0.768. The van der Waals surface area contributed by atoms with Gasteiger partial charge in [-0.25, -0.2) is 0 Å². The fourth-order valence-corrected chi connectivity index (χ4v) is 11.2. The minimum atomic E-state index is -0.515. The molecule has 0 bridgehead atoms. The summed E-state index contributed by atoms with van der Waals surface area (Å²) < 4.78 is 2.62. The topological polar surface area (TPSA) is 3.24 Å². The number of para-hydroxylation sites is 1. The standard InChI is InChI=1S/C59H39NS/c1-3-18-43(19-4-1)59(44-20-5-2-6-21-44)54-27-12-9-24-50(54)51-36-35-46(39-55(51)59)60(45-33-30-41(31-34-45)48-26-15-17-40-16-7-8-22-47(40)48)56-28-13-10-23-49(56)42-32-37-58-53(38-42)52-25-11-14-29-57(52)61-58/h1-39H. The highest BCUT2D eigenvalue weighted by molar-refractivity contribution is 7.25. The third kappa shape index (κ3) is 5.60. The van der Waals surface area contributed by atoms with Gasteiger partial charge in [-0.2, -0.15) is 0 Å². The third-order valence-electron chi connectivity index (χ3n) is 12.8. The smallest absolute Gasteiger partial charge is 0.0714 e. The van der Waals surface area contributed by atoms with Crippen molar-refractivity contribution in [2.45, 2.75) is 5.41 Å². The molecule has 0 atom stereocenters. The van der Waals surface area contributed by atoms with Crippen LogP contribution in [0.15, 0.2) is 237 Å². The van der Waals surface area contributed by atoms with Crippen molar-refractivity contribution in [1.29, 1.82) is 0 Å². The second kappa shape index (κ2) is 14.3. The first-order chi connectivity index (χ1) is 30.3. The summed E-state index contributed by atoms with van der Waals surface area (Å²) in [5, 5.41) is 5.10. The molecule has 61 heavy (non-hydrogen) atoms. The molecule has 1 heterocycles. The maximum absolute atomic E-state index is 2.47. The van der Waals surface area contributed by atoms with E-state index in [0.717, 1.165) is 17.1 Å². The number of fused-ring (bicyclic) bond motifs is 7. The Morgan fingerprint density at radius 2 is 0.902 bits per heavy atom. The molecule has 11 aromatic rings. The molecule has 1 aliphatic rings. The molecule has 286 valence electrons. The zero-order chi connectivity index (χ0) is 40.3. The van der Waals surface area contributed by atoms with Gasteiger partial charge in [-0.05, 0) is 109 Å². The summed E-state index contributed by atoms with van der Waals surface area (Å²) in [4.78, 5) is 2.47. The molecule has 0 fully saturated rings. The number of anilines is 3. The molecular weight excluding hydrogens is 755 g/mol. The van der Waals surface area contributed by atoms with E-state index in [9.17, 15) is 0 Å². The van der Waals surface area contributed by atoms with Crippen LogP contribution in [-0.2, 0) is 5.41 Å². The van der Waals surface area contributed by atoms with Crippen molar-refractivity contribution < 1.29 is 0 Å². The predicted molar refractivity (Wildman–Crippen MR) is 260 cm³/mol. The van der Waals surface area contributed by atoms with Crippen molar-refractivity contribution >= 4 is 59.3 Å². The van der Waals surface area contributed by atoms with Crippen molar-refractivity contribution in [3.63, 3.8) is 0 Å². The Morgan fingerprint density at radius 1 is 0.328 bits per heavy atom. The molecule has 0 radical (unpaired) electrons. The maximum Gasteiger partial charge on any atom is 0.0714 e. The fourth-order valence-electron chi connectivity index (χ4n) is 10.1. The van der Waals surface area contributed by atoms with Gasteiger partial charge in [-0.15, -0.1) is 11.3 Å². The molecule has 10 aromatic carbocycles. The summed E-state index contributed by atoms with van der Waals surface area (Å²) in [7, 11) is 0. The molecule has 0 saturated heterocycles. The second-order valence-electron chi connectivity index (χ2n) is 16.0. The van der Waals surface area contributed by atoms with Crippen LogP contribution >= 0.6 is 11.3 Å². The Morgan fingerprint density at radius 3 is 1.70 bits per heavy atom. The number of thiophene rings is 1. The van der Waals surface area contributed by atoms with Gasteiger partial charge >= 0.3 is 0 Å². The van der Waals surface area contributed by atoms with Crippen LogP contribution in [-0.4, -0.2) is 0 Å². The highest BCUT2D eigenvalue weighted by Crippen LogP contribution is 2.57. The molecule has 1 nitrogen and oxygen atoms in total. The molecule has 0 spiro atoms. The van der Waals surface area contributed by atoms with Crippen LogP contribution in [0.4, 0.5) is 17.1 Å². The van der Waals surface area contributed by atoms with Crippen molar-refractivity contribution in [1.82, 2.24) is 0 Å². The fraction of sp³-hybridized carbons (Fsp3) is 0.0169. The van der Waals surface area contributed by atoms with Crippen LogP contribution in [0, 0.1) is 0 Å². The van der Waals surface area contributed by atoms with Gasteiger partial charge in [-0.1, -0.05) is 188 Å². The Kier molecular flexibility index (Phi) is 8.33. The Balaban J connectivity index is 1.10. The monoisotopic (exact) mass is 793 g/mol. The van der Waals surface area contributed by atoms with Crippen molar-refractivity contribution in [2.75, 3.05) is 4.90 Å². The molecule has 0 saturated carbocycles. The van der Waals surface area contributed by atoms with E-state index in [0.29, 0.717) is 0 Å². The van der Waals surface area contributed by atoms with Crippen LogP contribution in [0.3, 0.4) is 0 Å². The molecule has 12 rings (SSSR count). The lowest BCUT2D eigenvalue weighted by Crippen LogP contribution is -2.28. The van der Waals surface area contributed by atoms with E-state index >= 15 is 0 Å². The average Bonchev–Trinajstić information content (AvgIpc) is 3.86. The van der Waals surface area contributed by atoms with Gasteiger partial charge in [0.2, 0.25) is 0 Å². The molecule has 0 N–H and O–H groups in total. The minimum Gasteiger partial charge on any atom is -0.310 e. The summed E-state index contributed by atoms with van der Waals surface area (Å²) in [5.41, 5.74) is 15.3. The van der Waals surface area contributed by atoms with Crippen LogP contribution in [0.2, 0.25) is 0 Å². The number of nitrogens with zero attached hydrogens (tertiary/aromatic N) is 1. The van der Waals surface area contributed by atoms with E-state index in [1.54, 1.807) is 0 Å².